The summed E-state index contributed by atoms with van der Waals surface area (Å²) in [6, 6.07) is 5.85. The molecule has 0 saturated carbocycles. The summed E-state index contributed by atoms with van der Waals surface area (Å²) in [5.41, 5.74) is -0.138. The van der Waals surface area contributed by atoms with E-state index in [-0.39, 0.29) is 35.1 Å². The third-order valence-corrected chi connectivity index (χ3v) is 5.31. The number of morpholine rings is 1. The van der Waals surface area contributed by atoms with Gasteiger partial charge in [-0.05, 0) is 25.1 Å². The van der Waals surface area contributed by atoms with Gasteiger partial charge in [0.2, 0.25) is 15.7 Å². The molecule has 10 heteroatoms. The first-order chi connectivity index (χ1) is 11.9. The summed E-state index contributed by atoms with van der Waals surface area (Å²) in [4.78, 5) is 11.6. The molecule has 136 valence electrons. The van der Waals surface area contributed by atoms with Crippen LogP contribution in [0.3, 0.4) is 0 Å². The Hall–Kier alpha value is -2.30. The van der Waals surface area contributed by atoms with Crippen LogP contribution in [0.2, 0.25) is 0 Å². The minimum absolute atomic E-state index is 0.0650. The molecule has 0 bridgehead atoms. The van der Waals surface area contributed by atoms with Gasteiger partial charge < -0.3 is 14.6 Å². The second-order valence-electron chi connectivity index (χ2n) is 5.14. The Balaban J connectivity index is 2.28. The van der Waals surface area contributed by atoms with Gasteiger partial charge in [0, 0.05) is 13.1 Å². The van der Waals surface area contributed by atoms with Gasteiger partial charge in [0.1, 0.15) is 5.76 Å². The van der Waals surface area contributed by atoms with Gasteiger partial charge in [0.05, 0.1) is 30.9 Å². The fourth-order valence-electron chi connectivity index (χ4n) is 2.11. The molecule has 0 aliphatic carbocycles. The molecular formula is C15H19N3O6S. The van der Waals surface area contributed by atoms with Crippen molar-refractivity contribution in [2.24, 2.45) is 10.2 Å². The number of nitrogens with zero attached hydrogens (tertiary/aromatic N) is 3. The van der Waals surface area contributed by atoms with Crippen molar-refractivity contribution < 1.29 is 27.8 Å². The van der Waals surface area contributed by atoms with Crippen molar-refractivity contribution in [2.75, 3.05) is 33.4 Å². The predicted octanol–water partition coefficient (Wildman–Crippen LogP) is 1.75. The van der Waals surface area contributed by atoms with Gasteiger partial charge in [-0.3, -0.25) is 0 Å². The van der Waals surface area contributed by atoms with Crippen LogP contribution < -0.4 is 0 Å². The zero-order valence-corrected chi connectivity index (χ0v) is 14.7. The number of azo groups is 1. The summed E-state index contributed by atoms with van der Waals surface area (Å²) >= 11 is 0. The Morgan fingerprint density at radius 3 is 2.60 bits per heavy atom. The number of aliphatic hydroxyl groups excluding tert-OH is 1. The molecule has 0 aromatic heterocycles. The van der Waals surface area contributed by atoms with Crippen LogP contribution in [0.5, 0.6) is 0 Å². The SMILES string of the molecule is COC(=O)C(N=Nc1cccc(S(=O)(=O)N2CCOCC2)c1)=C(C)O. The van der Waals surface area contributed by atoms with Gasteiger partial charge in [0.15, 0.2) is 0 Å². The summed E-state index contributed by atoms with van der Waals surface area (Å²) in [5.74, 6) is -1.20. The smallest absolute Gasteiger partial charge is 0.362 e. The van der Waals surface area contributed by atoms with Crippen molar-refractivity contribution in [3.63, 3.8) is 0 Å². The highest BCUT2D eigenvalue weighted by atomic mass is 32.2. The lowest BCUT2D eigenvalue weighted by atomic mass is 10.3. The maximum Gasteiger partial charge on any atom is 0.362 e. The number of rotatable bonds is 5. The largest absolute Gasteiger partial charge is 0.510 e. The number of benzene rings is 1. The average molecular weight is 369 g/mol. The Bertz CT molecular complexity index is 793. The molecule has 2 rings (SSSR count). The zero-order valence-electron chi connectivity index (χ0n) is 13.9. The summed E-state index contributed by atoms with van der Waals surface area (Å²) in [5, 5.41) is 16.9. The number of carbonyl (C=O) groups excluding carboxylic acids is 1. The molecule has 9 nitrogen and oxygen atoms in total. The second kappa shape index (κ2) is 8.19. The lowest BCUT2D eigenvalue weighted by Crippen LogP contribution is -2.40. The molecule has 1 aromatic carbocycles. The van der Waals surface area contributed by atoms with Crippen LogP contribution in [-0.2, 0) is 24.3 Å². The van der Waals surface area contributed by atoms with E-state index in [1.54, 1.807) is 0 Å². The maximum absolute atomic E-state index is 12.6. The van der Waals surface area contributed by atoms with Crippen LogP contribution in [0.15, 0.2) is 50.8 Å². The number of sulfonamides is 1. The van der Waals surface area contributed by atoms with Crippen molar-refractivity contribution >= 4 is 21.7 Å². The molecule has 0 amide bonds. The number of hydrogen-bond donors (Lipinski definition) is 1. The van der Waals surface area contributed by atoms with Crippen LogP contribution in [0, 0.1) is 0 Å². The van der Waals surface area contributed by atoms with Gasteiger partial charge in [-0.25, -0.2) is 13.2 Å². The zero-order chi connectivity index (χ0) is 18.4. The monoisotopic (exact) mass is 369 g/mol. The molecule has 25 heavy (non-hydrogen) atoms. The third kappa shape index (κ3) is 4.62. The standard InChI is InChI=1S/C15H19N3O6S/c1-11(19)14(15(20)23-2)17-16-12-4-3-5-13(10-12)25(21,22)18-6-8-24-9-7-18/h3-5,10,19H,6-9H2,1-2H3. The number of carbonyl (C=O) groups is 1. The average Bonchev–Trinajstić information content (AvgIpc) is 2.62. The highest BCUT2D eigenvalue weighted by Gasteiger charge is 2.26. The summed E-state index contributed by atoms with van der Waals surface area (Å²) in [7, 11) is -2.51. The number of methoxy groups -OCH3 is 1. The normalized spacial score (nSPS) is 17.4. The molecule has 1 heterocycles. The third-order valence-electron chi connectivity index (χ3n) is 3.41. The molecule has 1 fully saturated rings. The molecule has 0 spiro atoms. The fourth-order valence-corrected chi connectivity index (χ4v) is 3.56. The highest BCUT2D eigenvalue weighted by Crippen LogP contribution is 2.23. The molecule has 0 unspecified atom stereocenters. The van der Waals surface area contributed by atoms with Crippen molar-refractivity contribution in [3.8, 4) is 0 Å². The van der Waals surface area contributed by atoms with E-state index in [0.717, 1.165) is 7.11 Å². The van der Waals surface area contributed by atoms with E-state index in [1.807, 2.05) is 0 Å². The van der Waals surface area contributed by atoms with Gasteiger partial charge in [-0.15, -0.1) is 5.11 Å². The number of esters is 1. The van der Waals surface area contributed by atoms with Crippen molar-refractivity contribution in [2.45, 2.75) is 11.8 Å². The predicted molar refractivity (Wildman–Crippen MR) is 87.9 cm³/mol. The van der Waals surface area contributed by atoms with Crippen molar-refractivity contribution in [3.05, 3.63) is 35.7 Å². The molecule has 1 aliphatic heterocycles. The molecule has 0 atom stereocenters. The Morgan fingerprint density at radius 1 is 1.32 bits per heavy atom. The van der Waals surface area contributed by atoms with E-state index >= 15 is 0 Å². The Kier molecular flexibility index (Phi) is 6.23. The molecule has 1 N–H and O–H groups in total. The van der Waals surface area contributed by atoms with Crippen LogP contribution in [0.1, 0.15) is 6.92 Å². The lowest BCUT2D eigenvalue weighted by molar-refractivity contribution is -0.136. The second-order valence-corrected chi connectivity index (χ2v) is 7.08. The fraction of sp³-hybridized carbons (Fsp3) is 0.400. The maximum atomic E-state index is 12.6. The Morgan fingerprint density at radius 2 is 2.00 bits per heavy atom. The Labute approximate surface area is 145 Å². The summed E-state index contributed by atoms with van der Waals surface area (Å²) in [6.07, 6.45) is 0. The van der Waals surface area contributed by atoms with Crippen LogP contribution in [0.25, 0.3) is 0 Å². The topological polar surface area (TPSA) is 118 Å². The minimum Gasteiger partial charge on any atom is -0.510 e. The first kappa shape index (κ1) is 19.0. The van der Waals surface area contributed by atoms with Gasteiger partial charge >= 0.3 is 5.97 Å². The van der Waals surface area contributed by atoms with Crippen LogP contribution >= 0.6 is 0 Å². The number of hydrogen-bond acceptors (Lipinski definition) is 8. The number of ether oxygens (including phenoxy) is 2. The van der Waals surface area contributed by atoms with Crippen LogP contribution in [-0.4, -0.2) is 57.2 Å². The lowest BCUT2D eigenvalue weighted by Gasteiger charge is -2.26. The first-order valence-electron chi connectivity index (χ1n) is 7.44. The number of allylic oxidation sites excluding steroid dienone is 1. The first-order valence-corrected chi connectivity index (χ1v) is 8.88. The van der Waals surface area contributed by atoms with Gasteiger partial charge in [-0.1, -0.05) is 6.07 Å². The van der Waals surface area contributed by atoms with Crippen molar-refractivity contribution in [1.29, 1.82) is 0 Å². The molecule has 1 aliphatic rings. The molecule has 1 saturated heterocycles. The van der Waals surface area contributed by atoms with E-state index in [2.05, 4.69) is 15.0 Å². The van der Waals surface area contributed by atoms with Gasteiger partial charge in [-0.2, -0.15) is 9.42 Å². The van der Waals surface area contributed by atoms with E-state index < -0.39 is 16.0 Å². The van der Waals surface area contributed by atoms with Crippen molar-refractivity contribution in [1.82, 2.24) is 4.31 Å². The minimum atomic E-state index is -3.66. The van der Waals surface area contributed by atoms with Gasteiger partial charge in [0.25, 0.3) is 0 Å². The number of aliphatic hydroxyl groups is 1. The molecule has 0 radical (unpaired) electrons. The van der Waals surface area contributed by atoms with E-state index in [0.29, 0.717) is 13.2 Å². The summed E-state index contributed by atoms with van der Waals surface area (Å²) < 4.78 is 36.2. The van der Waals surface area contributed by atoms with E-state index in [9.17, 15) is 18.3 Å². The molecule has 1 aromatic rings. The van der Waals surface area contributed by atoms with Crippen LogP contribution in [0.4, 0.5) is 5.69 Å². The highest BCUT2D eigenvalue weighted by molar-refractivity contribution is 7.89. The van der Waals surface area contributed by atoms with E-state index in [1.165, 1.54) is 35.5 Å². The van der Waals surface area contributed by atoms with E-state index in [4.69, 9.17) is 4.74 Å². The quantitative estimate of drug-likeness (QED) is 0.366. The molecular weight excluding hydrogens is 350 g/mol. The summed E-state index contributed by atoms with van der Waals surface area (Å²) in [6.45, 7) is 2.54.